The Balaban J connectivity index is 0.0000001000. The highest BCUT2D eigenvalue weighted by atomic mass is 14.1. The molecule has 0 saturated heterocycles. The van der Waals surface area contributed by atoms with Gasteiger partial charge in [0.05, 0.1) is 0 Å². The first-order valence-corrected chi connectivity index (χ1v) is 9.96. The monoisotopic (exact) mass is 350 g/mol. The summed E-state index contributed by atoms with van der Waals surface area (Å²) in [5.74, 6) is 0. The molecule has 3 aromatic carbocycles. The van der Waals surface area contributed by atoms with Gasteiger partial charge in [0.25, 0.3) is 0 Å². The molecule has 0 unspecified atom stereocenters. The molecule has 0 aliphatic heterocycles. The molecule has 0 atom stereocenters. The molecule has 0 amide bonds. The van der Waals surface area contributed by atoms with E-state index in [-0.39, 0.29) is 0 Å². The first-order valence-electron chi connectivity index (χ1n) is 9.96. The molecule has 0 nitrogen and oxygen atoms in total. The fourth-order valence-electron chi connectivity index (χ4n) is 3.91. The molecule has 0 N–H and O–H groups in total. The molecule has 3 aliphatic carbocycles. The molecule has 0 fully saturated rings. The van der Waals surface area contributed by atoms with Crippen LogP contribution in [0.3, 0.4) is 0 Å². The van der Waals surface area contributed by atoms with Gasteiger partial charge in [0.1, 0.15) is 0 Å². The number of aryl methyl sites for hydroxylation is 2. The van der Waals surface area contributed by atoms with Crippen LogP contribution in [-0.4, -0.2) is 0 Å². The zero-order chi connectivity index (χ0) is 18.3. The van der Waals surface area contributed by atoms with Gasteiger partial charge in [0, 0.05) is 0 Å². The van der Waals surface area contributed by atoms with E-state index < -0.39 is 0 Å². The van der Waals surface area contributed by atoms with Crippen molar-refractivity contribution in [2.24, 2.45) is 0 Å². The van der Waals surface area contributed by atoms with Crippen LogP contribution in [0.25, 0.3) is 12.2 Å². The van der Waals surface area contributed by atoms with Crippen molar-refractivity contribution in [2.75, 3.05) is 0 Å². The number of fused-ring (bicyclic) bond motifs is 3. The van der Waals surface area contributed by atoms with Crippen LogP contribution in [0.4, 0.5) is 0 Å². The SMILES string of the molecule is C1=Cc2ccccc2C1.C1=Cc2ccccc2C1.c1ccc2c(c1)CCC2. The Labute approximate surface area is 162 Å². The van der Waals surface area contributed by atoms with E-state index in [4.69, 9.17) is 0 Å². The largest absolute Gasteiger partial charge is 0.0795 e. The van der Waals surface area contributed by atoms with Crippen molar-refractivity contribution in [3.63, 3.8) is 0 Å². The molecule has 0 bridgehead atoms. The lowest BCUT2D eigenvalue weighted by molar-refractivity contribution is 0.912. The number of hydrogen-bond acceptors (Lipinski definition) is 0. The van der Waals surface area contributed by atoms with E-state index in [9.17, 15) is 0 Å². The maximum Gasteiger partial charge on any atom is -0.00882 e. The molecule has 0 aromatic heterocycles. The summed E-state index contributed by atoms with van der Waals surface area (Å²) < 4.78 is 0. The lowest BCUT2D eigenvalue weighted by Gasteiger charge is -1.93. The van der Waals surface area contributed by atoms with Crippen LogP contribution >= 0.6 is 0 Å². The van der Waals surface area contributed by atoms with E-state index in [0.29, 0.717) is 0 Å². The molecule has 27 heavy (non-hydrogen) atoms. The fraction of sp³-hybridized carbons (Fsp3) is 0.185. The topological polar surface area (TPSA) is 0 Å². The first kappa shape index (κ1) is 17.5. The van der Waals surface area contributed by atoms with E-state index >= 15 is 0 Å². The summed E-state index contributed by atoms with van der Waals surface area (Å²) in [6, 6.07) is 25.7. The normalized spacial score (nSPS) is 14.4. The van der Waals surface area contributed by atoms with Gasteiger partial charge in [-0.3, -0.25) is 0 Å². The van der Waals surface area contributed by atoms with Crippen molar-refractivity contribution in [3.8, 4) is 0 Å². The Morgan fingerprint density at radius 2 is 0.852 bits per heavy atom. The van der Waals surface area contributed by atoms with Gasteiger partial charge in [0.2, 0.25) is 0 Å². The van der Waals surface area contributed by atoms with Crippen LogP contribution in [0.2, 0.25) is 0 Å². The highest BCUT2D eigenvalue weighted by Gasteiger charge is 2.07. The van der Waals surface area contributed by atoms with Crippen LogP contribution in [0.1, 0.15) is 39.8 Å². The van der Waals surface area contributed by atoms with Gasteiger partial charge in [0.15, 0.2) is 0 Å². The molecule has 0 heteroatoms. The minimum absolute atomic E-state index is 1.12. The van der Waals surface area contributed by atoms with Gasteiger partial charge >= 0.3 is 0 Å². The minimum Gasteiger partial charge on any atom is -0.0795 e. The van der Waals surface area contributed by atoms with E-state index in [1.165, 1.54) is 41.5 Å². The minimum atomic E-state index is 1.12. The first-order chi connectivity index (χ1) is 13.4. The fourth-order valence-corrected chi connectivity index (χ4v) is 3.91. The molecule has 0 spiro atoms. The van der Waals surface area contributed by atoms with Gasteiger partial charge in [-0.05, 0) is 65.5 Å². The van der Waals surface area contributed by atoms with Crippen LogP contribution in [0, 0.1) is 0 Å². The van der Waals surface area contributed by atoms with Crippen LogP contribution in [0.15, 0.2) is 84.9 Å². The summed E-state index contributed by atoms with van der Waals surface area (Å²) in [6.45, 7) is 0. The molecule has 6 rings (SSSR count). The number of benzene rings is 3. The molecular weight excluding hydrogens is 324 g/mol. The van der Waals surface area contributed by atoms with E-state index in [1.54, 1.807) is 11.1 Å². The zero-order valence-corrected chi connectivity index (χ0v) is 15.8. The average molecular weight is 351 g/mol. The summed E-state index contributed by atoms with van der Waals surface area (Å²) in [5, 5.41) is 0. The molecule has 134 valence electrons. The third-order valence-electron chi connectivity index (χ3n) is 5.39. The summed E-state index contributed by atoms with van der Waals surface area (Å²) in [6.07, 6.45) is 15.0. The Morgan fingerprint density at radius 1 is 0.444 bits per heavy atom. The van der Waals surface area contributed by atoms with E-state index in [0.717, 1.165) is 12.8 Å². The Bertz CT molecular complexity index is 869. The van der Waals surface area contributed by atoms with E-state index in [2.05, 4.69) is 97.1 Å². The summed E-state index contributed by atoms with van der Waals surface area (Å²) in [4.78, 5) is 0. The highest BCUT2D eigenvalue weighted by molar-refractivity contribution is 5.60. The van der Waals surface area contributed by atoms with Crippen molar-refractivity contribution in [2.45, 2.75) is 32.1 Å². The Kier molecular flexibility index (Phi) is 5.64. The second-order valence-corrected chi connectivity index (χ2v) is 7.23. The quantitative estimate of drug-likeness (QED) is 0.424. The zero-order valence-electron chi connectivity index (χ0n) is 15.8. The summed E-state index contributed by atoms with van der Waals surface area (Å²) in [7, 11) is 0. The van der Waals surface area contributed by atoms with Gasteiger partial charge in [-0.2, -0.15) is 0 Å². The van der Waals surface area contributed by atoms with Gasteiger partial charge in [-0.1, -0.05) is 97.1 Å². The summed E-state index contributed by atoms with van der Waals surface area (Å²) >= 11 is 0. The lowest BCUT2D eigenvalue weighted by atomic mass is 10.1. The standard InChI is InChI=1S/C9H10.2C9H8/c3*1-2-5-9-7-3-6-8(9)4-1/h1-2,4-5H,3,6-7H2;2*1-6H,7H2. The maximum absolute atomic E-state index is 2.24. The van der Waals surface area contributed by atoms with Crippen molar-refractivity contribution in [3.05, 3.63) is 118 Å². The molecule has 3 aliphatic rings. The van der Waals surface area contributed by atoms with Crippen LogP contribution in [-0.2, 0) is 25.7 Å². The third-order valence-corrected chi connectivity index (χ3v) is 5.39. The van der Waals surface area contributed by atoms with Crippen LogP contribution in [0.5, 0.6) is 0 Å². The molecule has 0 radical (unpaired) electrons. The molecular formula is C27H26. The van der Waals surface area contributed by atoms with Crippen molar-refractivity contribution < 1.29 is 0 Å². The van der Waals surface area contributed by atoms with Gasteiger partial charge in [-0.15, -0.1) is 0 Å². The van der Waals surface area contributed by atoms with Gasteiger partial charge < -0.3 is 0 Å². The Hall–Kier alpha value is -2.86. The Morgan fingerprint density at radius 3 is 1.30 bits per heavy atom. The average Bonchev–Trinajstić information content (AvgIpc) is 3.48. The highest BCUT2D eigenvalue weighted by Crippen LogP contribution is 2.20. The summed E-state index contributed by atoms with van der Waals surface area (Å²) in [5.41, 5.74) is 8.82. The van der Waals surface area contributed by atoms with Crippen LogP contribution < -0.4 is 0 Å². The second-order valence-electron chi connectivity index (χ2n) is 7.23. The van der Waals surface area contributed by atoms with Gasteiger partial charge in [-0.25, -0.2) is 0 Å². The predicted molar refractivity (Wildman–Crippen MR) is 117 cm³/mol. The van der Waals surface area contributed by atoms with Crippen molar-refractivity contribution in [1.29, 1.82) is 0 Å². The lowest BCUT2D eigenvalue weighted by Crippen LogP contribution is -1.77. The van der Waals surface area contributed by atoms with E-state index in [1.807, 2.05) is 0 Å². The molecule has 0 heterocycles. The predicted octanol–water partition coefficient (Wildman–Crippen LogP) is 6.69. The number of allylic oxidation sites excluding steroid dienone is 2. The number of rotatable bonds is 0. The smallest absolute Gasteiger partial charge is 0.00882 e. The number of hydrogen-bond donors (Lipinski definition) is 0. The molecule has 3 aromatic rings. The van der Waals surface area contributed by atoms with Crippen molar-refractivity contribution >= 4 is 12.2 Å². The maximum atomic E-state index is 2.24. The second kappa shape index (κ2) is 8.68. The third kappa shape index (κ3) is 4.46. The van der Waals surface area contributed by atoms with Crippen molar-refractivity contribution in [1.82, 2.24) is 0 Å². The molecule has 0 saturated carbocycles.